The van der Waals surface area contributed by atoms with Crippen LogP contribution in [-0.4, -0.2) is 44.9 Å². The standard InChI is InChI=1S/C20H22F2N2O5S/c1-2-24(13-15-6-4-3-5-7-15)19(25)14-29-20(26)10-11-23-30(27,28)16-8-9-17(21)18(22)12-16/h3-9,12,23H,2,10-11,13-14H2,1H3. The minimum atomic E-state index is -4.12. The molecule has 0 aliphatic rings. The highest BCUT2D eigenvalue weighted by molar-refractivity contribution is 7.89. The number of hydrogen-bond acceptors (Lipinski definition) is 5. The van der Waals surface area contributed by atoms with Crippen LogP contribution < -0.4 is 4.72 Å². The topological polar surface area (TPSA) is 92.8 Å². The average molecular weight is 440 g/mol. The number of rotatable bonds is 10. The summed E-state index contributed by atoms with van der Waals surface area (Å²) in [5.74, 6) is -3.62. The minimum Gasteiger partial charge on any atom is -0.456 e. The van der Waals surface area contributed by atoms with Crippen LogP contribution >= 0.6 is 0 Å². The zero-order valence-corrected chi connectivity index (χ0v) is 17.1. The van der Waals surface area contributed by atoms with Gasteiger partial charge in [-0.25, -0.2) is 21.9 Å². The number of ether oxygens (including phenoxy) is 1. The first-order valence-corrected chi connectivity index (χ1v) is 10.6. The molecule has 10 heteroatoms. The van der Waals surface area contributed by atoms with E-state index in [1.165, 1.54) is 4.90 Å². The first kappa shape index (κ1) is 23.4. The number of nitrogens with zero attached hydrogens (tertiary/aromatic N) is 1. The van der Waals surface area contributed by atoms with Gasteiger partial charge in [0.1, 0.15) is 0 Å². The summed E-state index contributed by atoms with van der Waals surface area (Å²) in [5.41, 5.74) is 0.936. The van der Waals surface area contributed by atoms with Crippen LogP contribution in [0.4, 0.5) is 8.78 Å². The van der Waals surface area contributed by atoms with E-state index in [-0.39, 0.29) is 18.9 Å². The van der Waals surface area contributed by atoms with Gasteiger partial charge in [0.25, 0.3) is 5.91 Å². The maximum atomic E-state index is 13.2. The Hall–Kier alpha value is -2.85. The molecule has 0 saturated heterocycles. The third kappa shape index (κ3) is 6.89. The largest absolute Gasteiger partial charge is 0.456 e. The molecule has 30 heavy (non-hydrogen) atoms. The lowest BCUT2D eigenvalue weighted by Gasteiger charge is -2.20. The highest BCUT2D eigenvalue weighted by Crippen LogP contribution is 2.13. The molecule has 0 aliphatic heterocycles. The summed E-state index contributed by atoms with van der Waals surface area (Å²) in [4.78, 5) is 25.1. The van der Waals surface area contributed by atoms with Crippen LogP contribution in [0.1, 0.15) is 18.9 Å². The van der Waals surface area contributed by atoms with E-state index in [4.69, 9.17) is 4.74 Å². The lowest BCUT2D eigenvalue weighted by Crippen LogP contribution is -2.34. The Kier molecular flexibility index (Phi) is 8.43. The molecule has 0 aliphatic carbocycles. The van der Waals surface area contributed by atoms with Gasteiger partial charge in [0.15, 0.2) is 18.2 Å². The Morgan fingerprint density at radius 1 is 1.07 bits per heavy atom. The zero-order valence-electron chi connectivity index (χ0n) is 16.3. The van der Waals surface area contributed by atoms with E-state index in [9.17, 15) is 26.8 Å². The molecule has 2 aromatic carbocycles. The van der Waals surface area contributed by atoms with E-state index < -0.39 is 39.1 Å². The number of nitrogens with one attached hydrogen (secondary N) is 1. The van der Waals surface area contributed by atoms with Gasteiger partial charge in [0.2, 0.25) is 10.0 Å². The van der Waals surface area contributed by atoms with E-state index in [1.54, 1.807) is 6.92 Å². The number of benzene rings is 2. The van der Waals surface area contributed by atoms with Gasteiger partial charge in [0, 0.05) is 19.6 Å². The summed E-state index contributed by atoms with van der Waals surface area (Å²) in [5, 5.41) is 0. The highest BCUT2D eigenvalue weighted by Gasteiger charge is 2.18. The van der Waals surface area contributed by atoms with Crippen molar-refractivity contribution in [2.45, 2.75) is 24.8 Å². The van der Waals surface area contributed by atoms with Crippen LogP contribution in [0.2, 0.25) is 0 Å². The number of carbonyl (C=O) groups excluding carboxylic acids is 2. The predicted molar refractivity (Wildman–Crippen MR) is 105 cm³/mol. The quantitative estimate of drug-likeness (QED) is 0.572. The van der Waals surface area contributed by atoms with Crippen molar-refractivity contribution in [3.8, 4) is 0 Å². The van der Waals surface area contributed by atoms with Gasteiger partial charge in [-0.05, 0) is 30.7 Å². The maximum absolute atomic E-state index is 13.2. The summed E-state index contributed by atoms with van der Waals surface area (Å²) in [6.45, 7) is 1.82. The van der Waals surface area contributed by atoms with Gasteiger partial charge < -0.3 is 9.64 Å². The van der Waals surface area contributed by atoms with Crippen LogP contribution in [0.3, 0.4) is 0 Å². The van der Waals surface area contributed by atoms with Crippen LogP contribution in [0, 0.1) is 11.6 Å². The molecule has 7 nitrogen and oxygen atoms in total. The van der Waals surface area contributed by atoms with Crippen LogP contribution in [0.15, 0.2) is 53.4 Å². The Labute approximate surface area is 173 Å². The predicted octanol–water partition coefficient (Wildman–Crippen LogP) is 2.23. The monoisotopic (exact) mass is 440 g/mol. The van der Waals surface area contributed by atoms with E-state index >= 15 is 0 Å². The third-order valence-corrected chi connectivity index (χ3v) is 5.59. The summed E-state index contributed by atoms with van der Waals surface area (Å²) >= 11 is 0. The molecule has 0 heterocycles. The van der Waals surface area contributed by atoms with Gasteiger partial charge in [-0.2, -0.15) is 0 Å². The second-order valence-corrected chi connectivity index (χ2v) is 8.04. The van der Waals surface area contributed by atoms with Crippen LogP contribution in [0.5, 0.6) is 0 Å². The molecular formula is C20H22F2N2O5S. The molecule has 1 amide bonds. The molecule has 0 saturated carbocycles. The average Bonchev–Trinajstić information content (AvgIpc) is 2.72. The molecule has 2 aromatic rings. The minimum absolute atomic E-state index is 0.324. The van der Waals surface area contributed by atoms with E-state index in [0.29, 0.717) is 25.2 Å². The molecule has 0 fully saturated rings. The van der Waals surface area contributed by atoms with Gasteiger partial charge in [-0.3, -0.25) is 9.59 Å². The summed E-state index contributed by atoms with van der Waals surface area (Å²) < 4.78 is 57.2. The van der Waals surface area contributed by atoms with E-state index in [2.05, 4.69) is 4.72 Å². The normalized spacial score (nSPS) is 11.2. The number of amides is 1. The first-order valence-electron chi connectivity index (χ1n) is 9.15. The fourth-order valence-electron chi connectivity index (χ4n) is 2.50. The Morgan fingerprint density at radius 3 is 2.40 bits per heavy atom. The fraction of sp³-hybridized carbons (Fsp3) is 0.300. The van der Waals surface area contributed by atoms with Crippen molar-refractivity contribution in [1.82, 2.24) is 9.62 Å². The second kappa shape index (κ2) is 10.8. The second-order valence-electron chi connectivity index (χ2n) is 6.28. The van der Waals surface area contributed by atoms with Crippen molar-refractivity contribution in [3.63, 3.8) is 0 Å². The third-order valence-electron chi connectivity index (χ3n) is 4.13. The highest BCUT2D eigenvalue weighted by atomic mass is 32.2. The maximum Gasteiger partial charge on any atom is 0.307 e. The van der Waals surface area contributed by atoms with Crippen molar-refractivity contribution < 1.29 is 31.5 Å². The molecule has 0 atom stereocenters. The van der Waals surface area contributed by atoms with Gasteiger partial charge >= 0.3 is 5.97 Å². The van der Waals surface area contributed by atoms with Crippen molar-refractivity contribution in [2.24, 2.45) is 0 Å². The molecule has 1 N–H and O–H groups in total. The van der Waals surface area contributed by atoms with Gasteiger partial charge in [-0.15, -0.1) is 0 Å². The smallest absolute Gasteiger partial charge is 0.307 e. The van der Waals surface area contributed by atoms with E-state index in [1.807, 2.05) is 30.3 Å². The van der Waals surface area contributed by atoms with E-state index in [0.717, 1.165) is 11.6 Å². The Bertz CT molecular complexity index is 984. The number of likely N-dealkylation sites (N-methyl/N-ethyl adjacent to an activating group) is 1. The number of halogens is 2. The Morgan fingerprint density at radius 2 is 1.77 bits per heavy atom. The fourth-order valence-corrected chi connectivity index (χ4v) is 3.54. The van der Waals surface area contributed by atoms with Crippen LogP contribution in [-0.2, 0) is 30.9 Å². The summed E-state index contributed by atoms with van der Waals surface area (Å²) in [6.07, 6.45) is -0.332. The molecule has 0 radical (unpaired) electrons. The van der Waals surface area contributed by atoms with Gasteiger partial charge in [0.05, 0.1) is 11.3 Å². The molecule has 0 bridgehead atoms. The van der Waals surface area contributed by atoms with Crippen LogP contribution in [0.25, 0.3) is 0 Å². The van der Waals surface area contributed by atoms with Crippen molar-refractivity contribution in [3.05, 3.63) is 65.7 Å². The molecule has 2 rings (SSSR count). The first-order chi connectivity index (χ1) is 14.2. The van der Waals surface area contributed by atoms with Crippen molar-refractivity contribution in [1.29, 1.82) is 0 Å². The zero-order chi connectivity index (χ0) is 22.1. The number of hydrogen-bond donors (Lipinski definition) is 1. The summed E-state index contributed by atoms with van der Waals surface area (Å²) in [6, 6.07) is 11.5. The number of sulfonamides is 1. The summed E-state index contributed by atoms with van der Waals surface area (Å²) in [7, 11) is -4.12. The molecule has 162 valence electrons. The molecule has 0 aromatic heterocycles. The van der Waals surface area contributed by atoms with Crippen molar-refractivity contribution in [2.75, 3.05) is 19.7 Å². The number of esters is 1. The molecular weight excluding hydrogens is 418 g/mol. The van der Waals surface area contributed by atoms with Gasteiger partial charge in [-0.1, -0.05) is 30.3 Å². The molecule has 0 spiro atoms. The lowest BCUT2D eigenvalue weighted by atomic mass is 10.2. The molecule has 0 unspecified atom stereocenters. The SMILES string of the molecule is CCN(Cc1ccccc1)C(=O)COC(=O)CCNS(=O)(=O)c1ccc(F)c(F)c1. The Balaban J connectivity index is 1.78. The van der Waals surface area contributed by atoms with Crippen molar-refractivity contribution >= 4 is 21.9 Å². The lowest BCUT2D eigenvalue weighted by molar-refractivity contribution is -0.152. The number of carbonyl (C=O) groups is 2.